The number of piperidine rings is 1. The number of aromatic nitrogens is 3. The van der Waals surface area contributed by atoms with Gasteiger partial charge in [0.2, 0.25) is 5.95 Å². The molecule has 7 nitrogen and oxygen atoms in total. The summed E-state index contributed by atoms with van der Waals surface area (Å²) in [5, 5.41) is 8.95. The molecular formula is C18H20N6O. The van der Waals surface area contributed by atoms with Crippen LogP contribution in [0, 0.1) is 17.2 Å². The molecule has 2 atom stereocenters. The van der Waals surface area contributed by atoms with Gasteiger partial charge in [0.25, 0.3) is 0 Å². The van der Waals surface area contributed by atoms with Gasteiger partial charge in [0, 0.05) is 25.8 Å². The zero-order valence-corrected chi connectivity index (χ0v) is 14.2. The highest BCUT2D eigenvalue weighted by Gasteiger charge is 2.39. The molecule has 0 aliphatic carbocycles. The van der Waals surface area contributed by atoms with E-state index in [4.69, 9.17) is 10.00 Å². The lowest BCUT2D eigenvalue weighted by atomic mass is 9.92. The summed E-state index contributed by atoms with van der Waals surface area (Å²) in [6.07, 6.45) is 7.39. The molecule has 2 aromatic rings. The predicted molar refractivity (Wildman–Crippen MR) is 93.6 cm³/mol. The van der Waals surface area contributed by atoms with Gasteiger partial charge in [-0.2, -0.15) is 5.26 Å². The van der Waals surface area contributed by atoms with Crippen molar-refractivity contribution in [2.45, 2.75) is 18.9 Å². The van der Waals surface area contributed by atoms with Crippen molar-refractivity contribution < 1.29 is 4.74 Å². The van der Waals surface area contributed by atoms with Gasteiger partial charge in [0.15, 0.2) is 5.75 Å². The van der Waals surface area contributed by atoms with Crippen molar-refractivity contribution in [2.75, 3.05) is 36.5 Å². The van der Waals surface area contributed by atoms with Gasteiger partial charge in [-0.15, -0.1) is 0 Å². The van der Waals surface area contributed by atoms with E-state index in [1.165, 1.54) is 6.42 Å². The second kappa shape index (κ2) is 6.55. The number of hydrogen-bond acceptors (Lipinski definition) is 7. The third kappa shape index (κ3) is 2.95. The van der Waals surface area contributed by atoms with Crippen molar-refractivity contribution in [3.8, 4) is 11.8 Å². The first-order valence-corrected chi connectivity index (χ1v) is 8.52. The van der Waals surface area contributed by atoms with Gasteiger partial charge in [-0.05, 0) is 30.9 Å². The van der Waals surface area contributed by atoms with E-state index in [1.807, 2.05) is 12.1 Å². The van der Waals surface area contributed by atoms with Crippen molar-refractivity contribution in [1.82, 2.24) is 15.0 Å². The van der Waals surface area contributed by atoms with Gasteiger partial charge in [-0.25, -0.2) is 15.0 Å². The number of nitriles is 1. The third-order valence-corrected chi connectivity index (χ3v) is 5.17. The fourth-order valence-electron chi connectivity index (χ4n) is 3.81. The number of anilines is 2. The van der Waals surface area contributed by atoms with Gasteiger partial charge in [-0.3, -0.25) is 0 Å². The first-order valence-electron chi connectivity index (χ1n) is 8.52. The minimum absolute atomic E-state index is 0.403. The lowest BCUT2D eigenvalue weighted by Gasteiger charge is -2.38. The predicted octanol–water partition coefficient (Wildman–Crippen LogP) is 1.86. The van der Waals surface area contributed by atoms with Crippen LogP contribution in [0.1, 0.15) is 18.4 Å². The topological polar surface area (TPSA) is 78.2 Å². The standard InChI is InChI=1S/C18H20N6O/c1-25-15-10-21-18(22-11-15)23-6-4-14-5-7-24(16(14)12-23)17-3-2-13(8-19)9-20-17/h2-3,9-11,14,16H,4-7,12H2,1H3. The largest absolute Gasteiger partial charge is 0.494 e. The summed E-state index contributed by atoms with van der Waals surface area (Å²) in [4.78, 5) is 17.9. The fraction of sp³-hybridized carbons (Fsp3) is 0.444. The molecule has 0 N–H and O–H groups in total. The summed E-state index contributed by atoms with van der Waals surface area (Å²) in [5.74, 6) is 3.04. The van der Waals surface area contributed by atoms with Crippen LogP contribution in [-0.4, -0.2) is 47.7 Å². The maximum Gasteiger partial charge on any atom is 0.225 e. The first kappa shape index (κ1) is 15.6. The molecule has 0 radical (unpaired) electrons. The molecule has 2 unspecified atom stereocenters. The highest BCUT2D eigenvalue weighted by atomic mass is 16.5. The molecule has 128 valence electrons. The van der Waals surface area contributed by atoms with E-state index in [0.29, 0.717) is 23.3 Å². The molecule has 2 aliphatic heterocycles. The van der Waals surface area contributed by atoms with E-state index in [9.17, 15) is 0 Å². The molecule has 4 rings (SSSR count). The monoisotopic (exact) mass is 336 g/mol. The normalized spacial score (nSPS) is 22.4. The molecule has 0 saturated carbocycles. The molecule has 0 bridgehead atoms. The summed E-state index contributed by atoms with van der Waals surface area (Å²) in [5.41, 5.74) is 0.594. The second-order valence-electron chi connectivity index (χ2n) is 6.48. The highest BCUT2D eigenvalue weighted by molar-refractivity contribution is 5.46. The molecule has 0 spiro atoms. The SMILES string of the molecule is COc1cnc(N2CCC3CCN(c4ccc(C#N)cn4)C3C2)nc1. The highest BCUT2D eigenvalue weighted by Crippen LogP contribution is 2.35. The first-order chi connectivity index (χ1) is 12.3. The molecule has 7 heteroatoms. The smallest absolute Gasteiger partial charge is 0.225 e. The van der Waals surface area contributed by atoms with Crippen molar-refractivity contribution >= 4 is 11.8 Å². The number of fused-ring (bicyclic) bond motifs is 1. The van der Waals surface area contributed by atoms with Gasteiger partial charge in [0.05, 0.1) is 31.1 Å². The summed E-state index contributed by atoms with van der Waals surface area (Å²) < 4.78 is 5.14. The number of rotatable bonds is 3. The van der Waals surface area contributed by atoms with Crippen molar-refractivity contribution in [1.29, 1.82) is 5.26 Å². The molecule has 2 aromatic heterocycles. The van der Waals surface area contributed by atoms with Gasteiger partial charge in [0.1, 0.15) is 11.9 Å². The molecule has 4 heterocycles. The molecular weight excluding hydrogens is 316 g/mol. The maximum absolute atomic E-state index is 8.95. The van der Waals surface area contributed by atoms with Crippen molar-refractivity contribution in [3.63, 3.8) is 0 Å². The Morgan fingerprint density at radius 3 is 2.60 bits per heavy atom. The summed E-state index contributed by atoms with van der Waals surface area (Å²) in [7, 11) is 1.62. The van der Waals surface area contributed by atoms with Crippen LogP contribution >= 0.6 is 0 Å². The van der Waals surface area contributed by atoms with Crippen LogP contribution in [0.25, 0.3) is 0 Å². The van der Waals surface area contributed by atoms with E-state index in [2.05, 4.69) is 30.8 Å². The third-order valence-electron chi connectivity index (χ3n) is 5.17. The Kier molecular flexibility index (Phi) is 4.10. The summed E-state index contributed by atoms with van der Waals surface area (Å²) >= 11 is 0. The van der Waals surface area contributed by atoms with Crippen LogP contribution in [0.4, 0.5) is 11.8 Å². The lowest BCUT2D eigenvalue weighted by molar-refractivity contribution is 0.385. The van der Waals surface area contributed by atoms with Crippen LogP contribution in [0.3, 0.4) is 0 Å². The fourth-order valence-corrected chi connectivity index (χ4v) is 3.81. The van der Waals surface area contributed by atoms with Crippen LogP contribution in [0.15, 0.2) is 30.7 Å². The van der Waals surface area contributed by atoms with Crippen LogP contribution in [0.2, 0.25) is 0 Å². The van der Waals surface area contributed by atoms with E-state index in [1.54, 1.807) is 25.7 Å². The zero-order valence-electron chi connectivity index (χ0n) is 14.2. The minimum atomic E-state index is 0.403. The van der Waals surface area contributed by atoms with Gasteiger partial charge < -0.3 is 14.5 Å². The Hall–Kier alpha value is -2.88. The Balaban J connectivity index is 1.52. The number of hydrogen-bond donors (Lipinski definition) is 0. The van der Waals surface area contributed by atoms with Crippen LogP contribution in [-0.2, 0) is 0 Å². The van der Waals surface area contributed by atoms with E-state index in [-0.39, 0.29) is 0 Å². The van der Waals surface area contributed by atoms with E-state index < -0.39 is 0 Å². The summed E-state index contributed by atoms with van der Waals surface area (Å²) in [6.45, 7) is 2.87. The van der Waals surface area contributed by atoms with Crippen LogP contribution < -0.4 is 14.5 Å². The average Bonchev–Trinajstić information content (AvgIpc) is 3.11. The Morgan fingerprint density at radius 1 is 1.12 bits per heavy atom. The molecule has 0 aromatic carbocycles. The summed E-state index contributed by atoms with van der Waals surface area (Å²) in [6, 6.07) is 6.31. The number of pyridine rings is 1. The molecule has 25 heavy (non-hydrogen) atoms. The van der Waals surface area contributed by atoms with Crippen molar-refractivity contribution in [2.24, 2.45) is 5.92 Å². The zero-order chi connectivity index (χ0) is 17.2. The lowest BCUT2D eigenvalue weighted by Crippen LogP contribution is -2.49. The van der Waals surface area contributed by atoms with Gasteiger partial charge in [-0.1, -0.05) is 0 Å². The second-order valence-corrected chi connectivity index (χ2v) is 6.48. The molecule has 2 fully saturated rings. The average molecular weight is 336 g/mol. The van der Waals surface area contributed by atoms with E-state index >= 15 is 0 Å². The Bertz CT molecular complexity index is 770. The number of nitrogens with zero attached hydrogens (tertiary/aromatic N) is 6. The van der Waals surface area contributed by atoms with E-state index in [0.717, 1.165) is 37.8 Å². The van der Waals surface area contributed by atoms with Crippen molar-refractivity contribution in [3.05, 3.63) is 36.3 Å². The molecule has 0 amide bonds. The van der Waals surface area contributed by atoms with Crippen LogP contribution in [0.5, 0.6) is 5.75 Å². The quantitative estimate of drug-likeness (QED) is 0.846. The minimum Gasteiger partial charge on any atom is -0.494 e. The molecule has 2 saturated heterocycles. The Morgan fingerprint density at radius 2 is 1.92 bits per heavy atom. The number of methoxy groups -OCH3 is 1. The Labute approximate surface area is 146 Å². The number of ether oxygens (including phenoxy) is 1. The maximum atomic E-state index is 8.95. The van der Waals surface area contributed by atoms with Gasteiger partial charge >= 0.3 is 0 Å². The molecule has 2 aliphatic rings.